The maximum Gasteiger partial charge on any atom is 0.237 e. The van der Waals surface area contributed by atoms with Gasteiger partial charge in [-0.05, 0) is 56.2 Å². The molecular weight excluding hydrogens is 322 g/mol. The third-order valence-corrected chi connectivity index (χ3v) is 5.85. The molecule has 138 valence electrons. The molecule has 2 aliphatic rings. The molecule has 0 bridgehead atoms. The van der Waals surface area contributed by atoms with Gasteiger partial charge in [0.25, 0.3) is 0 Å². The fraction of sp³-hybridized carbons (Fsp3) is 0.889. The average Bonchev–Trinajstić information content (AvgIpc) is 3.11. The van der Waals surface area contributed by atoms with Gasteiger partial charge in [-0.25, -0.2) is 0 Å². The van der Waals surface area contributed by atoms with E-state index in [-0.39, 0.29) is 17.9 Å². The van der Waals surface area contributed by atoms with Crippen molar-refractivity contribution < 1.29 is 9.59 Å². The highest BCUT2D eigenvalue weighted by molar-refractivity contribution is 7.99. The first-order chi connectivity index (χ1) is 11.6. The predicted molar refractivity (Wildman–Crippen MR) is 100 cm³/mol. The Balaban J connectivity index is 1.65. The van der Waals surface area contributed by atoms with Crippen molar-refractivity contribution in [1.29, 1.82) is 0 Å². The van der Waals surface area contributed by atoms with Crippen LogP contribution in [0.1, 0.15) is 46.0 Å². The Labute approximate surface area is 150 Å². The molecule has 0 aromatic heterocycles. The second-order valence-corrected chi connectivity index (χ2v) is 8.58. The highest BCUT2D eigenvalue weighted by Crippen LogP contribution is 2.18. The smallest absolute Gasteiger partial charge is 0.237 e. The largest absolute Gasteiger partial charge is 0.354 e. The quantitative estimate of drug-likeness (QED) is 0.653. The van der Waals surface area contributed by atoms with E-state index in [1.807, 2.05) is 4.90 Å². The van der Waals surface area contributed by atoms with Gasteiger partial charge < -0.3 is 15.5 Å². The standard InChI is InChI=1S/C18H33N3O2S/c1-14(2)7-10-24-13-17(22)21-9-4-5-15(12-21)11-20-18(23)16-6-3-8-19-16/h14-16,19H,3-13H2,1-2H3,(H,20,23). The van der Waals surface area contributed by atoms with Crippen LogP contribution in [0, 0.1) is 11.8 Å². The van der Waals surface area contributed by atoms with Crippen LogP contribution < -0.4 is 10.6 Å². The number of piperidine rings is 1. The first kappa shape index (κ1) is 19.6. The highest BCUT2D eigenvalue weighted by Gasteiger charge is 2.26. The van der Waals surface area contributed by atoms with Crippen LogP contribution in [0.3, 0.4) is 0 Å². The number of hydrogen-bond acceptors (Lipinski definition) is 4. The van der Waals surface area contributed by atoms with Gasteiger partial charge in [0.2, 0.25) is 11.8 Å². The summed E-state index contributed by atoms with van der Waals surface area (Å²) in [5, 5.41) is 6.30. The Hall–Kier alpha value is -0.750. The van der Waals surface area contributed by atoms with E-state index in [9.17, 15) is 9.59 Å². The van der Waals surface area contributed by atoms with Crippen molar-refractivity contribution in [3.63, 3.8) is 0 Å². The van der Waals surface area contributed by atoms with Crippen LogP contribution in [0.4, 0.5) is 0 Å². The zero-order chi connectivity index (χ0) is 17.4. The van der Waals surface area contributed by atoms with Gasteiger partial charge in [0.15, 0.2) is 0 Å². The van der Waals surface area contributed by atoms with Crippen molar-refractivity contribution in [2.24, 2.45) is 11.8 Å². The second kappa shape index (κ2) is 10.3. The van der Waals surface area contributed by atoms with Gasteiger partial charge in [-0.2, -0.15) is 11.8 Å². The van der Waals surface area contributed by atoms with Crippen molar-refractivity contribution in [3.05, 3.63) is 0 Å². The SMILES string of the molecule is CC(C)CCSCC(=O)N1CCCC(CNC(=O)C2CCCN2)C1. The number of hydrogen-bond donors (Lipinski definition) is 2. The molecule has 2 rings (SSSR count). The summed E-state index contributed by atoms with van der Waals surface area (Å²) in [7, 11) is 0. The number of nitrogens with one attached hydrogen (secondary N) is 2. The number of amides is 2. The van der Waals surface area contributed by atoms with Crippen molar-refractivity contribution in [3.8, 4) is 0 Å². The number of rotatable bonds is 8. The van der Waals surface area contributed by atoms with Gasteiger partial charge in [-0.1, -0.05) is 13.8 Å². The fourth-order valence-electron chi connectivity index (χ4n) is 3.30. The maximum absolute atomic E-state index is 12.3. The Morgan fingerprint density at radius 1 is 1.29 bits per heavy atom. The highest BCUT2D eigenvalue weighted by atomic mass is 32.2. The molecule has 0 radical (unpaired) electrons. The number of thioether (sulfide) groups is 1. The summed E-state index contributed by atoms with van der Waals surface area (Å²) in [4.78, 5) is 26.4. The maximum atomic E-state index is 12.3. The van der Waals surface area contributed by atoms with Gasteiger partial charge in [0.1, 0.15) is 0 Å². The van der Waals surface area contributed by atoms with Crippen LogP contribution in [0.5, 0.6) is 0 Å². The minimum Gasteiger partial charge on any atom is -0.354 e. The average molecular weight is 356 g/mol. The summed E-state index contributed by atoms with van der Waals surface area (Å²) in [5.74, 6) is 3.14. The predicted octanol–water partition coefficient (Wildman–Crippen LogP) is 1.87. The molecule has 2 unspecified atom stereocenters. The van der Waals surface area contributed by atoms with Gasteiger partial charge >= 0.3 is 0 Å². The lowest BCUT2D eigenvalue weighted by Crippen LogP contribution is -2.47. The van der Waals surface area contributed by atoms with Crippen LogP contribution in [-0.2, 0) is 9.59 Å². The lowest BCUT2D eigenvalue weighted by atomic mass is 9.98. The molecule has 2 N–H and O–H groups in total. The first-order valence-corrected chi connectivity index (χ1v) is 10.6. The van der Waals surface area contributed by atoms with Crippen molar-refractivity contribution >= 4 is 23.6 Å². The summed E-state index contributed by atoms with van der Waals surface area (Å²) in [5.41, 5.74) is 0. The molecule has 0 aromatic rings. The Bertz CT molecular complexity index is 411. The normalized spacial score (nSPS) is 24.4. The molecule has 2 amide bonds. The summed E-state index contributed by atoms with van der Waals surface area (Å²) >= 11 is 1.75. The van der Waals surface area contributed by atoms with Crippen molar-refractivity contribution in [2.75, 3.05) is 37.7 Å². The van der Waals surface area contributed by atoms with Crippen LogP contribution in [0.25, 0.3) is 0 Å². The van der Waals surface area contributed by atoms with E-state index >= 15 is 0 Å². The monoisotopic (exact) mass is 355 g/mol. The fourth-order valence-corrected chi connectivity index (χ4v) is 4.44. The van der Waals surface area contributed by atoms with Gasteiger partial charge in [0.05, 0.1) is 11.8 Å². The van der Waals surface area contributed by atoms with Crippen LogP contribution in [0.2, 0.25) is 0 Å². The summed E-state index contributed by atoms with van der Waals surface area (Å²) in [6, 6.07) is -0.0105. The molecule has 6 heteroatoms. The van der Waals surface area contributed by atoms with E-state index in [1.165, 1.54) is 6.42 Å². The van der Waals surface area contributed by atoms with Crippen LogP contribution in [0.15, 0.2) is 0 Å². The molecule has 0 saturated carbocycles. The molecule has 2 fully saturated rings. The zero-order valence-electron chi connectivity index (χ0n) is 15.2. The first-order valence-electron chi connectivity index (χ1n) is 9.43. The molecule has 2 heterocycles. The van der Waals surface area contributed by atoms with Crippen LogP contribution >= 0.6 is 11.8 Å². The van der Waals surface area contributed by atoms with E-state index in [1.54, 1.807) is 11.8 Å². The lowest BCUT2D eigenvalue weighted by molar-refractivity contribution is -0.130. The lowest BCUT2D eigenvalue weighted by Gasteiger charge is -2.33. The van der Waals surface area contributed by atoms with E-state index in [2.05, 4.69) is 24.5 Å². The Morgan fingerprint density at radius 3 is 2.83 bits per heavy atom. The molecule has 5 nitrogen and oxygen atoms in total. The Morgan fingerprint density at radius 2 is 2.12 bits per heavy atom. The van der Waals surface area contributed by atoms with Crippen LogP contribution in [-0.4, -0.2) is 60.4 Å². The molecule has 0 spiro atoms. The molecule has 0 aromatic carbocycles. The van der Waals surface area contributed by atoms with E-state index in [4.69, 9.17) is 0 Å². The summed E-state index contributed by atoms with van der Waals surface area (Å²) in [6.07, 6.45) is 5.34. The summed E-state index contributed by atoms with van der Waals surface area (Å²) < 4.78 is 0. The zero-order valence-corrected chi connectivity index (χ0v) is 16.0. The Kier molecular flexibility index (Phi) is 8.39. The third kappa shape index (κ3) is 6.63. The van der Waals surface area contributed by atoms with Gasteiger partial charge in [-0.15, -0.1) is 0 Å². The van der Waals surface area contributed by atoms with E-state index in [0.717, 1.165) is 51.1 Å². The molecule has 2 atom stereocenters. The second-order valence-electron chi connectivity index (χ2n) is 7.48. The van der Waals surface area contributed by atoms with E-state index < -0.39 is 0 Å². The molecule has 24 heavy (non-hydrogen) atoms. The van der Waals surface area contributed by atoms with Crippen molar-refractivity contribution in [2.45, 2.75) is 52.0 Å². The number of nitrogens with zero attached hydrogens (tertiary/aromatic N) is 1. The molecular formula is C18H33N3O2S. The van der Waals surface area contributed by atoms with Crippen molar-refractivity contribution in [1.82, 2.24) is 15.5 Å². The molecule has 2 saturated heterocycles. The molecule has 0 aliphatic carbocycles. The van der Waals surface area contributed by atoms with E-state index in [0.29, 0.717) is 24.1 Å². The third-order valence-electron chi connectivity index (χ3n) is 4.88. The number of carbonyl (C=O) groups is 2. The molecule has 2 aliphatic heterocycles. The number of carbonyl (C=O) groups excluding carboxylic acids is 2. The van der Waals surface area contributed by atoms with Gasteiger partial charge in [-0.3, -0.25) is 9.59 Å². The minimum absolute atomic E-state index is 0.0105. The summed E-state index contributed by atoms with van der Waals surface area (Å²) in [6.45, 7) is 7.74. The number of likely N-dealkylation sites (tertiary alicyclic amines) is 1. The minimum atomic E-state index is -0.0105. The topological polar surface area (TPSA) is 61.4 Å². The van der Waals surface area contributed by atoms with Gasteiger partial charge in [0, 0.05) is 19.6 Å².